The number of carboxylic acid groups (broad SMARTS) is 1. The molecule has 2 N–H and O–H groups in total. The third-order valence-electron chi connectivity index (χ3n) is 3.63. The van der Waals surface area contributed by atoms with Crippen molar-refractivity contribution in [2.24, 2.45) is 0 Å². The Morgan fingerprint density at radius 3 is 2.65 bits per heavy atom. The molecule has 1 aromatic rings. The van der Waals surface area contributed by atoms with E-state index in [4.69, 9.17) is 4.65 Å². The van der Waals surface area contributed by atoms with E-state index in [0.717, 1.165) is 16.6 Å². The molecule has 5 nitrogen and oxygen atoms in total. The summed E-state index contributed by atoms with van der Waals surface area (Å²) >= 11 is 0. The third kappa shape index (κ3) is 2.67. The maximum absolute atomic E-state index is 11.5. The van der Waals surface area contributed by atoms with Gasteiger partial charge in [0.25, 0.3) is 0 Å². The molecule has 0 aromatic heterocycles. The van der Waals surface area contributed by atoms with Gasteiger partial charge in [-0.2, -0.15) is 0 Å². The summed E-state index contributed by atoms with van der Waals surface area (Å²) in [7, 11) is -0.912. The Balaban J connectivity index is 2.36. The van der Waals surface area contributed by atoms with E-state index in [1.165, 1.54) is 4.90 Å². The molecule has 0 fully saturated rings. The molecule has 20 heavy (non-hydrogen) atoms. The molecule has 1 amide bonds. The summed E-state index contributed by atoms with van der Waals surface area (Å²) in [5.41, 5.74) is 2.03. The van der Waals surface area contributed by atoms with Gasteiger partial charge in [-0.15, -0.1) is 0 Å². The number of rotatable bonds is 2. The molecule has 1 heterocycles. The van der Waals surface area contributed by atoms with Crippen LogP contribution < -0.4 is 5.46 Å². The van der Waals surface area contributed by atoms with Crippen LogP contribution in [-0.2, 0) is 11.3 Å². The highest BCUT2D eigenvalue weighted by Crippen LogP contribution is 2.28. The lowest BCUT2D eigenvalue weighted by Crippen LogP contribution is -2.46. The van der Waals surface area contributed by atoms with E-state index in [-0.39, 0.29) is 6.04 Å². The van der Waals surface area contributed by atoms with Crippen molar-refractivity contribution in [2.75, 3.05) is 0 Å². The lowest BCUT2D eigenvalue weighted by molar-refractivity contribution is 0.0753. The number of benzene rings is 1. The van der Waals surface area contributed by atoms with E-state index >= 15 is 0 Å². The van der Waals surface area contributed by atoms with Gasteiger partial charge in [-0.3, -0.25) is 4.90 Å². The summed E-state index contributed by atoms with van der Waals surface area (Å²) in [5, 5.41) is 19.2. The second kappa shape index (κ2) is 5.11. The molecular formula is C14H20BNO4. The summed E-state index contributed by atoms with van der Waals surface area (Å²) in [6.07, 6.45) is -0.956. The molecule has 1 aliphatic heterocycles. The second-order valence-corrected chi connectivity index (χ2v) is 6.12. The van der Waals surface area contributed by atoms with Gasteiger partial charge in [0.2, 0.25) is 0 Å². The molecule has 1 aromatic carbocycles. The number of carbonyl (C=O) groups is 1. The number of fused-ring (bicyclic) bond motifs is 1. The molecule has 108 valence electrons. The van der Waals surface area contributed by atoms with Crippen LogP contribution in [0.25, 0.3) is 0 Å². The van der Waals surface area contributed by atoms with Gasteiger partial charge in [-0.1, -0.05) is 18.2 Å². The predicted molar refractivity (Wildman–Crippen MR) is 76.9 cm³/mol. The van der Waals surface area contributed by atoms with Gasteiger partial charge in [0, 0.05) is 5.54 Å². The zero-order chi connectivity index (χ0) is 15.1. The lowest BCUT2D eigenvalue weighted by Gasteiger charge is -2.38. The Hall–Kier alpha value is -1.53. The number of nitrogens with zero attached hydrogens (tertiary/aromatic N) is 1. The second-order valence-electron chi connectivity index (χ2n) is 6.12. The van der Waals surface area contributed by atoms with Crippen molar-refractivity contribution in [2.45, 2.75) is 45.9 Å². The van der Waals surface area contributed by atoms with Crippen LogP contribution in [0.5, 0.6) is 0 Å². The molecule has 0 radical (unpaired) electrons. The van der Waals surface area contributed by atoms with Gasteiger partial charge in [-0.05, 0) is 44.3 Å². The first-order valence-corrected chi connectivity index (χ1v) is 6.66. The van der Waals surface area contributed by atoms with Crippen LogP contribution in [0.15, 0.2) is 18.2 Å². The average molecular weight is 277 g/mol. The van der Waals surface area contributed by atoms with Crippen molar-refractivity contribution < 1.29 is 19.6 Å². The topological polar surface area (TPSA) is 70.0 Å². The Morgan fingerprint density at radius 2 is 2.10 bits per heavy atom. The Morgan fingerprint density at radius 1 is 1.45 bits per heavy atom. The first kappa shape index (κ1) is 14.9. The predicted octanol–water partition coefficient (Wildman–Crippen LogP) is 1.74. The molecule has 0 saturated carbocycles. The number of hydrogen-bond donors (Lipinski definition) is 2. The van der Waals surface area contributed by atoms with Crippen molar-refractivity contribution in [1.29, 1.82) is 0 Å². The standard InChI is InChI=1S/C14H20BNO4/c1-9(16(13(17)18)14(2,3)4)10-5-6-11-8-20-15(19)12(11)7-10/h5-7,9,19H,8H2,1-4H3,(H,17,18). The molecule has 1 unspecified atom stereocenters. The SMILES string of the molecule is CC(c1ccc2c(c1)B(O)OC2)N(C(=O)O)C(C)(C)C. The molecule has 0 bridgehead atoms. The fourth-order valence-corrected chi connectivity index (χ4v) is 2.68. The van der Waals surface area contributed by atoms with Crippen LogP contribution in [0.2, 0.25) is 0 Å². The van der Waals surface area contributed by atoms with Crippen LogP contribution in [0.1, 0.15) is 44.9 Å². The van der Waals surface area contributed by atoms with E-state index in [1.54, 1.807) is 0 Å². The largest absolute Gasteiger partial charge is 0.491 e. The molecule has 0 saturated heterocycles. The van der Waals surface area contributed by atoms with Crippen LogP contribution in [0, 0.1) is 0 Å². The van der Waals surface area contributed by atoms with Gasteiger partial charge in [0.15, 0.2) is 0 Å². The highest BCUT2D eigenvalue weighted by atomic mass is 16.5. The average Bonchev–Trinajstić information content (AvgIpc) is 2.68. The van der Waals surface area contributed by atoms with E-state index in [1.807, 2.05) is 45.9 Å². The van der Waals surface area contributed by atoms with Crippen molar-refractivity contribution in [3.05, 3.63) is 29.3 Å². The smallest absolute Gasteiger partial charge is 0.465 e. The minimum atomic E-state index is -0.956. The third-order valence-corrected chi connectivity index (χ3v) is 3.63. The number of hydrogen-bond acceptors (Lipinski definition) is 3. The normalized spacial score (nSPS) is 15.9. The first-order chi connectivity index (χ1) is 9.21. The molecule has 6 heteroatoms. The van der Waals surface area contributed by atoms with Crippen LogP contribution in [0.4, 0.5) is 4.79 Å². The van der Waals surface area contributed by atoms with Crippen LogP contribution >= 0.6 is 0 Å². The number of amides is 1. The first-order valence-electron chi connectivity index (χ1n) is 6.66. The monoisotopic (exact) mass is 277 g/mol. The van der Waals surface area contributed by atoms with Crippen molar-refractivity contribution in [1.82, 2.24) is 4.90 Å². The maximum atomic E-state index is 11.5. The Kier molecular flexibility index (Phi) is 3.80. The molecule has 0 aliphatic carbocycles. The summed E-state index contributed by atoms with van der Waals surface area (Å²) < 4.78 is 5.16. The quantitative estimate of drug-likeness (QED) is 0.808. The van der Waals surface area contributed by atoms with Crippen molar-refractivity contribution in [3.8, 4) is 0 Å². The van der Waals surface area contributed by atoms with Gasteiger partial charge in [0.05, 0.1) is 12.6 Å². The van der Waals surface area contributed by atoms with E-state index < -0.39 is 18.8 Å². The van der Waals surface area contributed by atoms with Gasteiger partial charge in [-0.25, -0.2) is 4.79 Å². The van der Waals surface area contributed by atoms with E-state index in [9.17, 15) is 14.9 Å². The Labute approximate surface area is 119 Å². The maximum Gasteiger partial charge on any atom is 0.491 e. The molecule has 1 aliphatic rings. The van der Waals surface area contributed by atoms with E-state index in [2.05, 4.69) is 0 Å². The highest BCUT2D eigenvalue weighted by molar-refractivity contribution is 6.61. The van der Waals surface area contributed by atoms with Crippen LogP contribution in [0.3, 0.4) is 0 Å². The van der Waals surface area contributed by atoms with Crippen LogP contribution in [-0.4, -0.2) is 33.8 Å². The summed E-state index contributed by atoms with van der Waals surface area (Å²) in [6, 6.07) is 5.32. The summed E-state index contributed by atoms with van der Waals surface area (Å²) in [4.78, 5) is 12.9. The molecule has 0 spiro atoms. The molecule has 1 atom stereocenters. The minimum Gasteiger partial charge on any atom is -0.465 e. The fourth-order valence-electron chi connectivity index (χ4n) is 2.68. The summed E-state index contributed by atoms with van der Waals surface area (Å²) in [6.45, 7) is 7.84. The Bertz CT molecular complexity index is 526. The zero-order valence-electron chi connectivity index (χ0n) is 12.3. The van der Waals surface area contributed by atoms with Gasteiger partial charge >= 0.3 is 13.2 Å². The molecular weight excluding hydrogens is 257 g/mol. The van der Waals surface area contributed by atoms with Crippen molar-refractivity contribution in [3.63, 3.8) is 0 Å². The minimum absolute atomic E-state index is 0.300. The van der Waals surface area contributed by atoms with Gasteiger partial charge in [0.1, 0.15) is 0 Å². The van der Waals surface area contributed by atoms with Gasteiger partial charge < -0.3 is 14.8 Å². The lowest BCUT2D eigenvalue weighted by atomic mass is 9.78. The summed E-state index contributed by atoms with van der Waals surface area (Å²) in [5.74, 6) is 0. The van der Waals surface area contributed by atoms with E-state index in [0.29, 0.717) is 6.61 Å². The van der Waals surface area contributed by atoms with Crippen molar-refractivity contribution >= 4 is 18.7 Å². The highest BCUT2D eigenvalue weighted by Gasteiger charge is 2.33. The fraction of sp³-hybridized carbons (Fsp3) is 0.500. The molecule has 2 rings (SSSR count). The zero-order valence-corrected chi connectivity index (χ0v) is 12.3.